The van der Waals surface area contributed by atoms with Crippen LogP contribution in [0.15, 0.2) is 30.3 Å². The van der Waals surface area contributed by atoms with Crippen LogP contribution in [-0.2, 0) is 25.6 Å². The number of amides is 2. The van der Waals surface area contributed by atoms with Crippen LogP contribution in [-0.4, -0.2) is 65.1 Å². The van der Waals surface area contributed by atoms with Gasteiger partial charge in [-0.1, -0.05) is 12.1 Å². The number of aryl methyl sites for hydroxylation is 1. The highest BCUT2D eigenvalue weighted by molar-refractivity contribution is 6.16. The Balaban J connectivity index is 1.43. The molecule has 2 amide bonds. The zero-order valence-electron chi connectivity index (χ0n) is 20.2. The fraction of sp³-hybridized carbons (Fsp3) is 0.462. The molecule has 3 aliphatic rings. The monoisotopic (exact) mass is 479 g/mol. The standard InChI is InChI=1S/C26H29N3O6/c1-16-14-20(17(2)27(16)12-13-34-3)22(30)15-35-25(33)26-11-10-23(31)29(26)21-7-5-4-6-19(21)24(32)28(26)18-8-9-18/h4-7,14,18H,8-13,15H2,1-3H3/t26-/m0/s1. The highest BCUT2D eigenvalue weighted by atomic mass is 16.5. The molecule has 2 fully saturated rings. The van der Waals surface area contributed by atoms with Gasteiger partial charge in [-0.2, -0.15) is 0 Å². The first kappa shape index (κ1) is 23.3. The largest absolute Gasteiger partial charge is 0.454 e. The number of hydrogen-bond donors (Lipinski definition) is 0. The summed E-state index contributed by atoms with van der Waals surface area (Å²) in [7, 11) is 1.62. The third-order valence-electron chi connectivity index (χ3n) is 7.27. The summed E-state index contributed by atoms with van der Waals surface area (Å²) >= 11 is 0. The van der Waals surface area contributed by atoms with Crippen molar-refractivity contribution in [2.75, 3.05) is 25.2 Å². The number of fused-ring (bicyclic) bond motifs is 3. The van der Waals surface area contributed by atoms with Crippen LogP contribution in [0.1, 0.15) is 57.8 Å². The van der Waals surface area contributed by atoms with Gasteiger partial charge in [0.15, 0.2) is 6.61 Å². The summed E-state index contributed by atoms with van der Waals surface area (Å²) in [5.74, 6) is -1.58. The van der Waals surface area contributed by atoms with Gasteiger partial charge in [-0.05, 0) is 44.9 Å². The third kappa shape index (κ3) is 3.56. The fourth-order valence-corrected chi connectivity index (χ4v) is 5.45. The van der Waals surface area contributed by atoms with Gasteiger partial charge in [-0.15, -0.1) is 0 Å². The van der Waals surface area contributed by atoms with Crippen molar-refractivity contribution in [2.45, 2.75) is 57.8 Å². The number of methoxy groups -OCH3 is 1. The van der Waals surface area contributed by atoms with E-state index in [4.69, 9.17) is 9.47 Å². The quantitative estimate of drug-likeness (QED) is 0.427. The molecule has 184 valence electrons. The summed E-state index contributed by atoms with van der Waals surface area (Å²) in [5.41, 5.74) is 1.43. The van der Waals surface area contributed by atoms with Crippen LogP contribution in [0, 0.1) is 13.8 Å². The van der Waals surface area contributed by atoms with Crippen LogP contribution in [0.3, 0.4) is 0 Å². The van der Waals surface area contributed by atoms with Gasteiger partial charge in [0.1, 0.15) is 0 Å². The zero-order valence-corrected chi connectivity index (χ0v) is 20.2. The first-order chi connectivity index (χ1) is 16.8. The lowest BCUT2D eigenvalue weighted by Crippen LogP contribution is -2.69. The number of ketones is 1. The molecule has 2 aromatic rings. The van der Waals surface area contributed by atoms with E-state index in [0.717, 1.165) is 24.2 Å². The van der Waals surface area contributed by atoms with Crippen molar-refractivity contribution in [1.82, 2.24) is 9.47 Å². The van der Waals surface area contributed by atoms with E-state index in [1.807, 2.05) is 18.4 Å². The Hall–Kier alpha value is -3.46. The molecule has 1 aromatic heterocycles. The minimum atomic E-state index is -1.56. The number of nitrogens with zero attached hydrogens (tertiary/aromatic N) is 3. The van der Waals surface area contributed by atoms with Crippen molar-refractivity contribution in [1.29, 1.82) is 0 Å². The maximum absolute atomic E-state index is 13.7. The number of rotatable bonds is 8. The van der Waals surface area contributed by atoms with E-state index in [0.29, 0.717) is 30.0 Å². The molecule has 1 saturated carbocycles. The van der Waals surface area contributed by atoms with Crippen molar-refractivity contribution >= 4 is 29.3 Å². The maximum atomic E-state index is 13.7. The van der Waals surface area contributed by atoms with Gasteiger partial charge in [0, 0.05) is 49.5 Å². The van der Waals surface area contributed by atoms with Gasteiger partial charge in [0.05, 0.1) is 17.9 Å². The molecule has 0 unspecified atom stereocenters. The van der Waals surface area contributed by atoms with Crippen molar-refractivity contribution in [2.24, 2.45) is 0 Å². The number of carbonyl (C=O) groups is 4. The average molecular weight is 480 g/mol. The number of para-hydroxylation sites is 1. The van der Waals surface area contributed by atoms with Crippen LogP contribution < -0.4 is 4.90 Å². The SMILES string of the molecule is COCCn1c(C)cc(C(=O)COC(=O)[C@]23CCC(=O)N2c2ccccc2C(=O)N3C2CC2)c1C. The molecule has 2 aliphatic heterocycles. The zero-order chi connectivity index (χ0) is 24.9. The average Bonchev–Trinajstić information content (AvgIpc) is 3.56. The van der Waals surface area contributed by atoms with E-state index in [9.17, 15) is 19.2 Å². The third-order valence-corrected chi connectivity index (χ3v) is 7.27. The summed E-state index contributed by atoms with van der Waals surface area (Å²) in [6.45, 7) is 4.41. The molecular formula is C26H29N3O6. The minimum Gasteiger partial charge on any atom is -0.454 e. The normalized spacial score (nSPS) is 21.2. The number of anilines is 1. The van der Waals surface area contributed by atoms with Gasteiger partial charge in [-0.25, -0.2) is 4.79 Å². The first-order valence-electron chi connectivity index (χ1n) is 11.9. The van der Waals surface area contributed by atoms with Crippen LogP contribution in [0.25, 0.3) is 0 Å². The summed E-state index contributed by atoms with van der Waals surface area (Å²) in [6.07, 6.45) is 1.78. The minimum absolute atomic E-state index is 0.120. The molecule has 35 heavy (non-hydrogen) atoms. The molecule has 9 heteroatoms. The Morgan fingerprint density at radius 3 is 2.60 bits per heavy atom. The highest BCUT2D eigenvalue weighted by Crippen LogP contribution is 2.49. The highest BCUT2D eigenvalue weighted by Gasteiger charge is 2.64. The molecule has 1 aromatic carbocycles. The summed E-state index contributed by atoms with van der Waals surface area (Å²) in [6, 6.07) is 8.49. The lowest BCUT2D eigenvalue weighted by molar-refractivity contribution is -0.156. The maximum Gasteiger partial charge on any atom is 0.354 e. The number of Topliss-reactive ketones (excluding diaryl/α,β-unsaturated/α-hetero) is 1. The van der Waals surface area contributed by atoms with Crippen molar-refractivity contribution in [3.05, 3.63) is 52.8 Å². The van der Waals surface area contributed by atoms with Crippen LogP contribution in [0.2, 0.25) is 0 Å². The first-order valence-corrected chi connectivity index (χ1v) is 11.9. The second-order valence-corrected chi connectivity index (χ2v) is 9.40. The Morgan fingerprint density at radius 2 is 1.89 bits per heavy atom. The fourth-order valence-electron chi connectivity index (χ4n) is 5.45. The van der Waals surface area contributed by atoms with Gasteiger partial charge < -0.3 is 18.9 Å². The number of hydrogen-bond acceptors (Lipinski definition) is 6. The summed E-state index contributed by atoms with van der Waals surface area (Å²) in [4.78, 5) is 56.2. The number of ether oxygens (including phenoxy) is 2. The molecule has 0 bridgehead atoms. The van der Waals surface area contributed by atoms with Crippen LogP contribution >= 0.6 is 0 Å². The van der Waals surface area contributed by atoms with Gasteiger partial charge in [0.25, 0.3) is 5.91 Å². The second-order valence-electron chi connectivity index (χ2n) is 9.40. The Morgan fingerprint density at radius 1 is 1.14 bits per heavy atom. The summed E-state index contributed by atoms with van der Waals surface area (Å²) in [5, 5.41) is 0. The Kier molecular flexibility index (Phi) is 5.75. The Bertz CT molecular complexity index is 1230. The van der Waals surface area contributed by atoms with Gasteiger partial charge >= 0.3 is 5.97 Å². The predicted molar refractivity (Wildman–Crippen MR) is 126 cm³/mol. The molecule has 1 saturated heterocycles. The lowest BCUT2D eigenvalue weighted by Gasteiger charge is -2.48. The van der Waals surface area contributed by atoms with Crippen LogP contribution in [0.4, 0.5) is 5.69 Å². The number of benzene rings is 1. The molecule has 5 rings (SSSR count). The van der Waals surface area contributed by atoms with Gasteiger partial charge in [-0.3, -0.25) is 19.3 Å². The molecule has 9 nitrogen and oxygen atoms in total. The number of esters is 1. The van der Waals surface area contributed by atoms with E-state index < -0.39 is 18.2 Å². The topological polar surface area (TPSA) is 98.1 Å². The van der Waals surface area contributed by atoms with E-state index >= 15 is 0 Å². The Labute approximate surface area is 203 Å². The van der Waals surface area contributed by atoms with Crippen molar-refractivity contribution in [3.8, 4) is 0 Å². The molecule has 3 heterocycles. The summed E-state index contributed by atoms with van der Waals surface area (Å²) < 4.78 is 12.7. The van der Waals surface area contributed by atoms with E-state index in [2.05, 4.69) is 0 Å². The lowest BCUT2D eigenvalue weighted by atomic mass is 9.96. The molecule has 1 aliphatic carbocycles. The van der Waals surface area contributed by atoms with Gasteiger partial charge in [0.2, 0.25) is 17.4 Å². The van der Waals surface area contributed by atoms with E-state index in [-0.39, 0.29) is 36.5 Å². The van der Waals surface area contributed by atoms with E-state index in [1.165, 1.54) is 9.80 Å². The van der Waals surface area contributed by atoms with Crippen molar-refractivity contribution < 1.29 is 28.7 Å². The number of aromatic nitrogens is 1. The predicted octanol–water partition coefficient (Wildman–Crippen LogP) is 2.62. The molecule has 0 spiro atoms. The molecule has 1 atom stereocenters. The smallest absolute Gasteiger partial charge is 0.354 e. The second kappa shape index (κ2) is 8.64. The number of carbonyl (C=O) groups excluding carboxylic acids is 4. The molecular weight excluding hydrogens is 450 g/mol. The van der Waals surface area contributed by atoms with Crippen molar-refractivity contribution in [3.63, 3.8) is 0 Å². The van der Waals surface area contributed by atoms with Crippen LogP contribution in [0.5, 0.6) is 0 Å². The molecule has 0 N–H and O–H groups in total. The van der Waals surface area contributed by atoms with E-state index in [1.54, 1.807) is 37.4 Å². The molecule has 0 radical (unpaired) electrons.